The zero-order valence-corrected chi connectivity index (χ0v) is 15.8. The summed E-state index contributed by atoms with van der Waals surface area (Å²) in [6.07, 6.45) is 5.03. The first kappa shape index (κ1) is 16.9. The van der Waals surface area contributed by atoms with Gasteiger partial charge in [0, 0.05) is 28.1 Å². The van der Waals surface area contributed by atoms with E-state index < -0.39 is 0 Å². The van der Waals surface area contributed by atoms with E-state index in [9.17, 15) is 4.79 Å². The average molecular weight is 383 g/mol. The van der Waals surface area contributed by atoms with Crippen molar-refractivity contribution in [2.75, 3.05) is 0 Å². The maximum absolute atomic E-state index is 12.7. The number of rotatable bonds is 4. The van der Waals surface area contributed by atoms with Crippen LogP contribution in [0.3, 0.4) is 0 Å². The van der Waals surface area contributed by atoms with Gasteiger partial charge in [-0.05, 0) is 29.7 Å². The first-order valence-electron chi connectivity index (χ1n) is 8.38. The van der Waals surface area contributed by atoms with Gasteiger partial charge in [0.1, 0.15) is 4.83 Å². The van der Waals surface area contributed by atoms with Crippen molar-refractivity contribution in [2.45, 2.75) is 19.9 Å². The quantitative estimate of drug-likeness (QED) is 0.538. The van der Waals surface area contributed by atoms with Gasteiger partial charge in [0.25, 0.3) is 5.56 Å². The van der Waals surface area contributed by atoms with Gasteiger partial charge in [-0.1, -0.05) is 30.7 Å². The third kappa shape index (κ3) is 3.28. The van der Waals surface area contributed by atoms with Crippen molar-refractivity contribution in [3.63, 3.8) is 0 Å². The second-order valence-electron chi connectivity index (χ2n) is 6.08. The molecule has 0 aliphatic heterocycles. The molecule has 26 heavy (non-hydrogen) atoms. The first-order chi connectivity index (χ1) is 12.6. The lowest BCUT2D eigenvalue weighted by molar-refractivity contribution is -0.689. The number of hydrogen-bond acceptors (Lipinski definition) is 3. The van der Waals surface area contributed by atoms with Crippen molar-refractivity contribution in [3.8, 4) is 11.1 Å². The predicted molar refractivity (Wildman–Crippen MR) is 106 cm³/mol. The standard InChI is InChI=1S/C20H16ClN3OS/c1-2-13-7-9-24(10-8-13)11-17-22-19(25)18-16(12-26-20(18)23-17)14-3-5-15(21)6-4-14/h3-10,12H,2,11H2,1H3/p+1. The Morgan fingerprint density at radius 3 is 2.58 bits per heavy atom. The molecule has 0 saturated carbocycles. The molecule has 4 aromatic rings. The molecule has 3 aromatic heterocycles. The molecule has 4 rings (SSSR count). The minimum atomic E-state index is -0.109. The number of aromatic amines is 1. The largest absolute Gasteiger partial charge is 0.305 e. The van der Waals surface area contributed by atoms with Crippen LogP contribution in [0.15, 0.2) is 59.0 Å². The number of pyridine rings is 1. The lowest BCUT2D eigenvalue weighted by Crippen LogP contribution is -2.35. The number of fused-ring (bicyclic) bond motifs is 1. The van der Waals surface area contributed by atoms with Gasteiger partial charge in [-0.15, -0.1) is 11.3 Å². The summed E-state index contributed by atoms with van der Waals surface area (Å²) in [6.45, 7) is 2.66. The van der Waals surface area contributed by atoms with Crippen molar-refractivity contribution in [2.24, 2.45) is 0 Å². The van der Waals surface area contributed by atoms with Gasteiger partial charge in [-0.3, -0.25) is 4.79 Å². The molecular formula is C20H17ClN3OS+. The van der Waals surface area contributed by atoms with Gasteiger partial charge in [0.15, 0.2) is 18.2 Å². The van der Waals surface area contributed by atoms with E-state index in [0.717, 1.165) is 22.4 Å². The predicted octanol–water partition coefficient (Wildman–Crippen LogP) is 4.20. The number of halogens is 1. The van der Waals surface area contributed by atoms with Crippen molar-refractivity contribution in [1.29, 1.82) is 0 Å². The summed E-state index contributed by atoms with van der Waals surface area (Å²) in [5.74, 6) is 0.654. The Morgan fingerprint density at radius 2 is 1.88 bits per heavy atom. The molecule has 0 spiro atoms. The number of aryl methyl sites for hydroxylation is 1. The number of nitrogens with zero attached hydrogens (tertiary/aromatic N) is 2. The first-order valence-corrected chi connectivity index (χ1v) is 9.64. The number of H-pyrrole nitrogens is 1. The summed E-state index contributed by atoms with van der Waals surface area (Å²) in [5.41, 5.74) is 3.03. The van der Waals surface area contributed by atoms with E-state index in [2.05, 4.69) is 29.0 Å². The molecule has 0 bridgehead atoms. The SMILES string of the molecule is CCc1cc[n+](Cc2nc3scc(-c4ccc(Cl)cc4)c3c(=O)[nH]2)cc1. The summed E-state index contributed by atoms with van der Waals surface area (Å²) >= 11 is 7.44. The van der Waals surface area contributed by atoms with Crippen LogP contribution in [0.25, 0.3) is 21.3 Å². The highest BCUT2D eigenvalue weighted by atomic mass is 35.5. The molecule has 4 nitrogen and oxygen atoms in total. The number of hydrogen-bond donors (Lipinski definition) is 1. The molecular weight excluding hydrogens is 366 g/mol. The molecule has 130 valence electrons. The molecule has 0 saturated heterocycles. The second-order valence-corrected chi connectivity index (χ2v) is 7.38. The number of thiophene rings is 1. The fourth-order valence-electron chi connectivity index (χ4n) is 2.91. The highest BCUT2D eigenvalue weighted by Gasteiger charge is 2.14. The summed E-state index contributed by atoms with van der Waals surface area (Å²) in [5, 5.41) is 3.28. The topological polar surface area (TPSA) is 49.6 Å². The molecule has 0 radical (unpaired) electrons. The third-order valence-corrected chi connectivity index (χ3v) is 5.47. The Kier molecular flexibility index (Phi) is 4.57. The highest BCUT2D eigenvalue weighted by Crippen LogP contribution is 2.31. The number of benzene rings is 1. The molecule has 0 aliphatic carbocycles. The maximum atomic E-state index is 12.7. The second kappa shape index (κ2) is 7.02. The monoisotopic (exact) mass is 382 g/mol. The van der Waals surface area contributed by atoms with Crippen LogP contribution in [0.5, 0.6) is 0 Å². The zero-order chi connectivity index (χ0) is 18.1. The van der Waals surface area contributed by atoms with E-state index in [1.165, 1.54) is 16.9 Å². The molecule has 3 heterocycles. The van der Waals surface area contributed by atoms with Crippen LogP contribution in [0, 0.1) is 0 Å². The average Bonchev–Trinajstić information content (AvgIpc) is 3.07. The van der Waals surface area contributed by atoms with E-state index >= 15 is 0 Å². The van der Waals surface area contributed by atoms with E-state index in [0.29, 0.717) is 22.8 Å². The molecule has 6 heteroatoms. The number of nitrogens with one attached hydrogen (secondary N) is 1. The minimum Gasteiger partial charge on any atom is -0.305 e. The number of aromatic nitrogens is 3. The summed E-state index contributed by atoms with van der Waals surface area (Å²) < 4.78 is 2.01. The fourth-order valence-corrected chi connectivity index (χ4v) is 4.01. The molecule has 0 atom stereocenters. The molecule has 0 fully saturated rings. The van der Waals surface area contributed by atoms with Gasteiger partial charge in [-0.25, -0.2) is 4.98 Å². The normalized spacial score (nSPS) is 11.2. The lowest BCUT2D eigenvalue weighted by Gasteiger charge is -2.01. The molecule has 0 unspecified atom stereocenters. The Hall–Kier alpha value is -2.50. The Balaban J connectivity index is 1.71. The van der Waals surface area contributed by atoms with Crippen LogP contribution in [-0.2, 0) is 13.0 Å². The molecule has 0 amide bonds. The third-order valence-electron chi connectivity index (χ3n) is 4.35. The van der Waals surface area contributed by atoms with E-state index in [1.807, 2.05) is 46.6 Å². The van der Waals surface area contributed by atoms with Gasteiger partial charge >= 0.3 is 0 Å². The lowest BCUT2D eigenvalue weighted by atomic mass is 10.1. The van der Waals surface area contributed by atoms with Crippen LogP contribution in [0.1, 0.15) is 18.3 Å². The van der Waals surface area contributed by atoms with Gasteiger partial charge < -0.3 is 4.98 Å². The summed E-state index contributed by atoms with van der Waals surface area (Å²) in [4.78, 5) is 21.0. The van der Waals surface area contributed by atoms with Crippen LogP contribution in [0.4, 0.5) is 0 Å². The summed E-state index contributed by atoms with van der Waals surface area (Å²) in [6, 6.07) is 11.7. The van der Waals surface area contributed by atoms with Gasteiger partial charge in [-0.2, -0.15) is 4.57 Å². The van der Waals surface area contributed by atoms with E-state index in [-0.39, 0.29) is 5.56 Å². The van der Waals surface area contributed by atoms with Crippen LogP contribution < -0.4 is 10.1 Å². The van der Waals surface area contributed by atoms with Crippen molar-refractivity contribution in [3.05, 3.63) is 80.9 Å². The maximum Gasteiger partial charge on any atom is 0.260 e. The zero-order valence-electron chi connectivity index (χ0n) is 14.2. The Bertz CT molecular complexity index is 1110. The van der Waals surface area contributed by atoms with Crippen molar-refractivity contribution < 1.29 is 4.57 Å². The van der Waals surface area contributed by atoms with E-state index in [1.54, 1.807) is 0 Å². The summed E-state index contributed by atoms with van der Waals surface area (Å²) in [7, 11) is 0. The molecule has 0 aliphatic rings. The van der Waals surface area contributed by atoms with Gasteiger partial charge in [0.2, 0.25) is 6.54 Å². The van der Waals surface area contributed by atoms with Crippen molar-refractivity contribution >= 4 is 33.2 Å². The minimum absolute atomic E-state index is 0.109. The van der Waals surface area contributed by atoms with Crippen LogP contribution >= 0.6 is 22.9 Å². The fraction of sp³-hybridized carbons (Fsp3) is 0.150. The van der Waals surface area contributed by atoms with E-state index in [4.69, 9.17) is 11.6 Å². The smallest absolute Gasteiger partial charge is 0.260 e. The van der Waals surface area contributed by atoms with Crippen LogP contribution in [0.2, 0.25) is 5.02 Å². The Morgan fingerprint density at radius 1 is 1.15 bits per heavy atom. The molecule has 1 aromatic carbocycles. The van der Waals surface area contributed by atoms with Gasteiger partial charge in [0.05, 0.1) is 5.39 Å². The molecule has 1 N–H and O–H groups in total. The highest BCUT2D eigenvalue weighted by molar-refractivity contribution is 7.17. The Labute approximate surface area is 159 Å². The van der Waals surface area contributed by atoms with Crippen LogP contribution in [-0.4, -0.2) is 9.97 Å². The van der Waals surface area contributed by atoms with Crippen molar-refractivity contribution in [1.82, 2.24) is 9.97 Å².